The fraction of sp³-hybridized carbons (Fsp3) is 0.560. The minimum Gasteiger partial charge on any atom is -0.446 e. The van der Waals surface area contributed by atoms with Gasteiger partial charge in [-0.15, -0.1) is 0 Å². The standard InChI is InChI=1S/C25H34N6O4/c1-15(2)26-25(32)35-17-8-7-16(11-17)21-12-23(29-28-21)27-20-6-4-5-19-22(30-31(3)24(19)20)14-34-18-9-10-33-13-18/h4-6,12,15-18H,7-11,13-14H2,1-3H3,(H,26,32)(H2,27,28,29). The summed E-state index contributed by atoms with van der Waals surface area (Å²) in [5.74, 6) is 1.03. The molecule has 3 atom stereocenters. The number of anilines is 2. The number of aromatic nitrogens is 4. The summed E-state index contributed by atoms with van der Waals surface area (Å²) in [4.78, 5) is 11.9. The highest BCUT2D eigenvalue weighted by Gasteiger charge is 2.30. The summed E-state index contributed by atoms with van der Waals surface area (Å²) in [7, 11) is 1.94. The van der Waals surface area contributed by atoms with Crippen molar-refractivity contribution in [3.8, 4) is 0 Å². The van der Waals surface area contributed by atoms with Crippen LogP contribution >= 0.6 is 0 Å². The number of aromatic amines is 1. The first kappa shape index (κ1) is 23.6. The lowest BCUT2D eigenvalue weighted by atomic mass is 10.0. The first-order chi connectivity index (χ1) is 17.0. The molecule has 2 aromatic heterocycles. The van der Waals surface area contributed by atoms with Gasteiger partial charge in [-0.3, -0.25) is 9.78 Å². The van der Waals surface area contributed by atoms with Crippen LogP contribution in [0.1, 0.15) is 56.8 Å². The van der Waals surface area contributed by atoms with E-state index in [9.17, 15) is 4.79 Å². The van der Waals surface area contributed by atoms with Crippen LogP contribution in [0.25, 0.3) is 10.9 Å². The largest absolute Gasteiger partial charge is 0.446 e. The van der Waals surface area contributed by atoms with Crippen molar-refractivity contribution in [1.29, 1.82) is 0 Å². The van der Waals surface area contributed by atoms with Gasteiger partial charge in [0, 0.05) is 42.8 Å². The van der Waals surface area contributed by atoms with Gasteiger partial charge in [0.25, 0.3) is 0 Å². The molecule has 3 aromatic rings. The number of carbonyl (C=O) groups excluding carboxylic acids is 1. The molecular formula is C25H34N6O4. The van der Waals surface area contributed by atoms with Crippen molar-refractivity contribution in [1.82, 2.24) is 25.3 Å². The molecule has 1 aliphatic heterocycles. The normalized spacial score (nSPS) is 22.2. The number of hydrogen-bond donors (Lipinski definition) is 3. The van der Waals surface area contributed by atoms with E-state index in [4.69, 9.17) is 19.3 Å². The number of para-hydroxylation sites is 1. The Labute approximate surface area is 204 Å². The van der Waals surface area contributed by atoms with Crippen molar-refractivity contribution >= 4 is 28.5 Å². The number of aryl methyl sites for hydroxylation is 1. The van der Waals surface area contributed by atoms with E-state index in [1.54, 1.807) is 0 Å². The molecular weight excluding hydrogens is 448 g/mol. The van der Waals surface area contributed by atoms with Gasteiger partial charge in [0.1, 0.15) is 6.10 Å². The third-order valence-corrected chi connectivity index (χ3v) is 6.65. The molecule has 1 saturated carbocycles. The van der Waals surface area contributed by atoms with Crippen LogP contribution in [0.15, 0.2) is 24.3 Å². The SMILES string of the molecule is CC(C)NC(=O)OC1CCC(c2cc(Nc3cccc4c(COC5CCOC5)nn(C)c34)n[nH]2)C1. The van der Waals surface area contributed by atoms with Gasteiger partial charge in [-0.05, 0) is 45.6 Å². The number of hydrogen-bond acceptors (Lipinski definition) is 7. The van der Waals surface area contributed by atoms with E-state index in [2.05, 4.69) is 26.9 Å². The number of nitrogens with one attached hydrogen (secondary N) is 3. The van der Waals surface area contributed by atoms with Gasteiger partial charge >= 0.3 is 6.09 Å². The van der Waals surface area contributed by atoms with Gasteiger partial charge in [0.05, 0.1) is 36.2 Å². The Balaban J connectivity index is 1.24. The number of amides is 1. The summed E-state index contributed by atoms with van der Waals surface area (Å²) in [6, 6.07) is 8.22. The van der Waals surface area contributed by atoms with Gasteiger partial charge in [0.2, 0.25) is 0 Å². The predicted molar refractivity (Wildman–Crippen MR) is 132 cm³/mol. The van der Waals surface area contributed by atoms with Crippen LogP contribution in [0.5, 0.6) is 0 Å². The second-order valence-corrected chi connectivity index (χ2v) is 9.74. The first-order valence-electron chi connectivity index (χ1n) is 12.4. The molecule has 0 spiro atoms. The molecule has 3 heterocycles. The first-order valence-corrected chi connectivity index (χ1v) is 12.4. The quantitative estimate of drug-likeness (QED) is 0.442. The molecule has 10 heteroatoms. The van der Waals surface area contributed by atoms with Gasteiger partial charge < -0.3 is 24.8 Å². The van der Waals surface area contributed by atoms with Crippen LogP contribution in [0.4, 0.5) is 16.3 Å². The Hall–Kier alpha value is -3.11. The zero-order valence-corrected chi connectivity index (χ0v) is 20.5. The average Bonchev–Trinajstić information content (AvgIpc) is 3.60. The number of H-pyrrole nitrogens is 1. The third kappa shape index (κ3) is 5.43. The van der Waals surface area contributed by atoms with Crippen molar-refractivity contribution in [2.75, 3.05) is 18.5 Å². The minimum atomic E-state index is -0.344. The maximum atomic E-state index is 11.9. The lowest BCUT2D eigenvalue weighted by molar-refractivity contribution is 0.0304. The number of nitrogens with zero attached hydrogens (tertiary/aromatic N) is 3. The lowest BCUT2D eigenvalue weighted by Crippen LogP contribution is -2.33. The van der Waals surface area contributed by atoms with Crippen LogP contribution in [-0.4, -0.2) is 57.5 Å². The van der Waals surface area contributed by atoms with Crippen LogP contribution in [-0.2, 0) is 27.9 Å². The molecule has 2 fully saturated rings. The fourth-order valence-corrected chi connectivity index (χ4v) is 4.96. The Morgan fingerprint density at radius 3 is 2.97 bits per heavy atom. The molecule has 3 N–H and O–H groups in total. The zero-order chi connectivity index (χ0) is 24.4. The Morgan fingerprint density at radius 1 is 1.29 bits per heavy atom. The molecule has 3 unspecified atom stereocenters. The molecule has 5 rings (SSSR count). The summed E-state index contributed by atoms with van der Waals surface area (Å²) < 4.78 is 18.9. The smallest absolute Gasteiger partial charge is 0.407 e. The highest BCUT2D eigenvalue weighted by molar-refractivity contribution is 5.94. The monoisotopic (exact) mass is 482 g/mol. The summed E-state index contributed by atoms with van der Waals surface area (Å²) in [5, 5.41) is 19.7. The van der Waals surface area contributed by atoms with Gasteiger partial charge in [-0.1, -0.05) is 12.1 Å². The molecule has 1 saturated heterocycles. The van der Waals surface area contributed by atoms with E-state index >= 15 is 0 Å². The van der Waals surface area contributed by atoms with E-state index in [0.29, 0.717) is 13.2 Å². The lowest BCUT2D eigenvalue weighted by Gasteiger charge is -2.14. The summed E-state index contributed by atoms with van der Waals surface area (Å²) in [6.07, 6.45) is 3.25. The second-order valence-electron chi connectivity index (χ2n) is 9.74. The molecule has 188 valence electrons. The van der Waals surface area contributed by atoms with E-state index in [1.807, 2.05) is 43.8 Å². The fourth-order valence-electron chi connectivity index (χ4n) is 4.96. The number of fused-ring (bicyclic) bond motifs is 1. The number of ether oxygens (including phenoxy) is 3. The Morgan fingerprint density at radius 2 is 2.17 bits per heavy atom. The van der Waals surface area contributed by atoms with Crippen molar-refractivity contribution < 1.29 is 19.0 Å². The summed E-state index contributed by atoms with van der Waals surface area (Å²) in [5.41, 5.74) is 3.90. The van der Waals surface area contributed by atoms with E-state index in [1.165, 1.54) is 0 Å². The van der Waals surface area contributed by atoms with Gasteiger partial charge in [0.15, 0.2) is 5.82 Å². The minimum absolute atomic E-state index is 0.0651. The Bertz CT molecular complexity index is 1170. The number of benzene rings is 1. The molecule has 1 amide bonds. The molecule has 2 aliphatic rings. The molecule has 0 radical (unpaired) electrons. The highest BCUT2D eigenvalue weighted by atomic mass is 16.6. The number of carbonyl (C=O) groups is 1. The molecule has 1 aromatic carbocycles. The second kappa shape index (κ2) is 10.2. The number of rotatable bonds is 8. The van der Waals surface area contributed by atoms with Crippen molar-refractivity contribution in [3.63, 3.8) is 0 Å². The third-order valence-electron chi connectivity index (χ3n) is 6.65. The zero-order valence-electron chi connectivity index (χ0n) is 20.5. The highest BCUT2D eigenvalue weighted by Crippen LogP contribution is 2.36. The van der Waals surface area contributed by atoms with Crippen molar-refractivity contribution in [3.05, 3.63) is 35.7 Å². The van der Waals surface area contributed by atoms with E-state index < -0.39 is 0 Å². The molecule has 35 heavy (non-hydrogen) atoms. The van der Waals surface area contributed by atoms with Crippen LogP contribution in [0.3, 0.4) is 0 Å². The average molecular weight is 483 g/mol. The Kier molecular flexibility index (Phi) is 6.92. The molecule has 1 aliphatic carbocycles. The maximum Gasteiger partial charge on any atom is 0.407 e. The van der Waals surface area contributed by atoms with Crippen LogP contribution in [0, 0.1) is 0 Å². The van der Waals surface area contributed by atoms with Gasteiger partial charge in [-0.25, -0.2) is 4.79 Å². The summed E-state index contributed by atoms with van der Waals surface area (Å²) in [6.45, 7) is 5.71. The van der Waals surface area contributed by atoms with Crippen molar-refractivity contribution in [2.24, 2.45) is 7.05 Å². The predicted octanol–water partition coefficient (Wildman–Crippen LogP) is 4.12. The molecule has 0 bridgehead atoms. The van der Waals surface area contributed by atoms with Crippen LogP contribution < -0.4 is 10.6 Å². The van der Waals surface area contributed by atoms with E-state index in [0.717, 1.165) is 66.1 Å². The van der Waals surface area contributed by atoms with Crippen molar-refractivity contribution in [2.45, 2.75) is 70.3 Å². The van der Waals surface area contributed by atoms with Gasteiger partial charge in [-0.2, -0.15) is 10.2 Å². The van der Waals surface area contributed by atoms with E-state index in [-0.39, 0.29) is 30.3 Å². The molecule has 10 nitrogen and oxygen atoms in total. The number of alkyl carbamates (subject to hydrolysis) is 1. The topological polar surface area (TPSA) is 115 Å². The summed E-state index contributed by atoms with van der Waals surface area (Å²) >= 11 is 0. The van der Waals surface area contributed by atoms with Crippen LogP contribution in [0.2, 0.25) is 0 Å². The maximum absolute atomic E-state index is 11.9.